The first-order valence-electron chi connectivity index (χ1n) is 7.50. The molecule has 0 amide bonds. The molecule has 0 aliphatic rings. The number of hydrogen-bond acceptors (Lipinski definition) is 2. The highest BCUT2D eigenvalue weighted by Crippen LogP contribution is 2.14. The van der Waals surface area contributed by atoms with E-state index in [0.717, 1.165) is 25.9 Å². The molecular weight excluding hydrogens is 317 g/mol. The van der Waals surface area contributed by atoms with Crippen molar-refractivity contribution in [3.63, 3.8) is 0 Å². The summed E-state index contributed by atoms with van der Waals surface area (Å²) in [5.74, 6) is 0. The van der Waals surface area contributed by atoms with Gasteiger partial charge in [0, 0.05) is 12.8 Å². The van der Waals surface area contributed by atoms with Crippen LogP contribution < -0.4 is 11.5 Å². The second kappa shape index (κ2) is 19.8. The molecule has 0 heterocycles. The molecule has 20 heavy (non-hydrogen) atoms. The molecule has 0 aliphatic carbocycles. The van der Waals surface area contributed by atoms with Crippen molar-refractivity contribution >= 4 is 37.2 Å². The lowest BCUT2D eigenvalue weighted by molar-refractivity contribution is -0.928. The average molecular weight is 354 g/mol. The predicted octanol–water partition coefficient (Wildman–Crippen LogP) is 3.37. The molecule has 128 valence electrons. The van der Waals surface area contributed by atoms with Gasteiger partial charge in [0.25, 0.3) is 0 Å². The van der Waals surface area contributed by atoms with E-state index >= 15 is 0 Å². The van der Waals surface area contributed by atoms with Crippen LogP contribution in [0.5, 0.6) is 0 Å². The third-order valence-electron chi connectivity index (χ3n) is 3.65. The minimum Gasteiger partial charge on any atom is -0.330 e. The van der Waals surface area contributed by atoms with Gasteiger partial charge in [-0.25, -0.2) is 0 Å². The fourth-order valence-corrected chi connectivity index (χ4v) is 2.51. The Morgan fingerprint density at radius 2 is 0.900 bits per heavy atom. The Bertz CT molecular complexity index is 134. The normalized spacial score (nSPS) is 10.2. The summed E-state index contributed by atoms with van der Waals surface area (Å²) in [6, 6.07) is 0. The van der Waals surface area contributed by atoms with Crippen LogP contribution in [-0.2, 0) is 0 Å². The van der Waals surface area contributed by atoms with Crippen LogP contribution in [0.3, 0.4) is 0 Å². The first kappa shape index (κ1) is 28.8. The van der Waals surface area contributed by atoms with Crippen molar-refractivity contribution in [1.82, 2.24) is 0 Å². The van der Waals surface area contributed by atoms with E-state index in [1.165, 1.54) is 56.3 Å². The Morgan fingerprint density at radius 1 is 0.600 bits per heavy atom. The monoisotopic (exact) mass is 352 g/mol. The molecule has 0 aromatic rings. The molecule has 0 radical (unpaired) electrons. The summed E-state index contributed by atoms with van der Waals surface area (Å²) in [6.07, 6.45) is 7.54. The summed E-state index contributed by atoms with van der Waals surface area (Å²) >= 11 is 0. The van der Waals surface area contributed by atoms with Crippen molar-refractivity contribution in [2.24, 2.45) is 11.5 Å². The van der Waals surface area contributed by atoms with Gasteiger partial charge in [0.1, 0.15) is 0 Å². The van der Waals surface area contributed by atoms with Gasteiger partial charge >= 0.3 is 0 Å². The lowest BCUT2D eigenvalue weighted by atomic mass is 10.1. The zero-order valence-corrected chi connectivity index (χ0v) is 15.8. The van der Waals surface area contributed by atoms with E-state index in [2.05, 4.69) is 13.8 Å². The van der Waals surface area contributed by atoms with Crippen LogP contribution in [0.1, 0.15) is 52.4 Å². The van der Waals surface area contributed by atoms with E-state index in [1.54, 1.807) is 0 Å². The molecule has 0 saturated heterocycles. The van der Waals surface area contributed by atoms with Crippen molar-refractivity contribution in [3.8, 4) is 0 Å². The molecule has 4 N–H and O–H groups in total. The molecule has 0 spiro atoms. The maximum Gasteiger partial charge on any atom is 0.0798 e. The Hall–Kier alpha value is 0.750. The summed E-state index contributed by atoms with van der Waals surface area (Å²) in [5.41, 5.74) is 11.4. The van der Waals surface area contributed by atoms with E-state index in [9.17, 15) is 0 Å². The maximum atomic E-state index is 5.69. The second-order valence-electron chi connectivity index (χ2n) is 5.23. The Balaban J connectivity index is -0.000000427. The molecule has 3 nitrogen and oxygen atoms in total. The number of halogens is 3. The molecule has 6 heteroatoms. The van der Waals surface area contributed by atoms with Crippen LogP contribution in [0.15, 0.2) is 0 Å². The molecule has 0 saturated carbocycles. The zero-order chi connectivity index (χ0) is 13.0. The number of nitrogens with two attached hydrogens (primary N) is 2. The number of unbranched alkanes of at least 4 members (excludes halogenated alkanes) is 2. The number of hydrogen-bond donors (Lipinski definition) is 2. The minimum absolute atomic E-state index is 0. The number of quaternary nitrogens is 1. The first-order chi connectivity index (χ1) is 8.24. The smallest absolute Gasteiger partial charge is 0.0798 e. The van der Waals surface area contributed by atoms with Gasteiger partial charge < -0.3 is 16.0 Å². The Morgan fingerprint density at radius 3 is 1.15 bits per heavy atom. The molecule has 0 rings (SSSR count). The van der Waals surface area contributed by atoms with Gasteiger partial charge in [-0.1, -0.05) is 26.7 Å². The Kier molecular flexibility index (Phi) is 28.5. The van der Waals surface area contributed by atoms with E-state index in [4.69, 9.17) is 11.5 Å². The molecule has 0 fully saturated rings. The summed E-state index contributed by atoms with van der Waals surface area (Å²) in [7, 11) is 0. The molecule has 0 bridgehead atoms. The van der Waals surface area contributed by atoms with Crippen LogP contribution in [0.2, 0.25) is 0 Å². The van der Waals surface area contributed by atoms with E-state index in [0.29, 0.717) is 0 Å². The van der Waals surface area contributed by atoms with Crippen molar-refractivity contribution in [1.29, 1.82) is 0 Å². The molecule has 0 aromatic carbocycles. The molecule has 0 aromatic heterocycles. The lowest BCUT2D eigenvalue weighted by Crippen LogP contribution is -2.51. The van der Waals surface area contributed by atoms with E-state index < -0.39 is 0 Å². The highest BCUT2D eigenvalue weighted by Gasteiger charge is 2.24. The van der Waals surface area contributed by atoms with Crippen LogP contribution in [0.25, 0.3) is 0 Å². The van der Waals surface area contributed by atoms with Gasteiger partial charge in [-0.3, -0.25) is 0 Å². The number of rotatable bonds is 12. The third-order valence-corrected chi connectivity index (χ3v) is 3.65. The highest BCUT2D eigenvalue weighted by atomic mass is 35.5. The van der Waals surface area contributed by atoms with Gasteiger partial charge in [0.05, 0.1) is 26.2 Å². The van der Waals surface area contributed by atoms with Crippen LogP contribution in [0.4, 0.5) is 0 Å². The standard InChI is InChI=1S/C14H34N3.3ClH/c1-3-5-11-17(12-6-4-2,13-7-9-15)14-8-10-16;;;/h3-16H2,1-2H3;3*1H/q+1;;;. The topological polar surface area (TPSA) is 52.0 Å². The van der Waals surface area contributed by atoms with Gasteiger partial charge in [-0.15, -0.1) is 37.2 Å². The van der Waals surface area contributed by atoms with Gasteiger partial charge in [0.2, 0.25) is 0 Å². The van der Waals surface area contributed by atoms with Crippen molar-refractivity contribution in [2.75, 3.05) is 39.3 Å². The first-order valence-corrected chi connectivity index (χ1v) is 7.50. The van der Waals surface area contributed by atoms with Crippen LogP contribution >= 0.6 is 37.2 Å². The maximum absolute atomic E-state index is 5.69. The van der Waals surface area contributed by atoms with Gasteiger partial charge in [-0.2, -0.15) is 0 Å². The van der Waals surface area contributed by atoms with Crippen molar-refractivity contribution < 1.29 is 4.48 Å². The largest absolute Gasteiger partial charge is 0.330 e. The molecule has 0 atom stereocenters. The summed E-state index contributed by atoms with van der Waals surface area (Å²) < 4.78 is 1.26. The third kappa shape index (κ3) is 13.7. The fraction of sp³-hybridized carbons (Fsp3) is 1.00. The van der Waals surface area contributed by atoms with Gasteiger partial charge in [0.15, 0.2) is 0 Å². The second-order valence-corrected chi connectivity index (χ2v) is 5.23. The van der Waals surface area contributed by atoms with Crippen LogP contribution in [0, 0.1) is 0 Å². The van der Waals surface area contributed by atoms with Crippen molar-refractivity contribution in [3.05, 3.63) is 0 Å². The molecular formula is C14H37Cl3N3+. The fourth-order valence-electron chi connectivity index (χ4n) is 2.51. The SMILES string of the molecule is CCCC[N+](CCCC)(CCCN)CCCN.Cl.Cl.Cl. The van der Waals surface area contributed by atoms with E-state index in [1.807, 2.05) is 0 Å². The molecule has 0 aliphatic heterocycles. The quantitative estimate of drug-likeness (QED) is 0.528. The van der Waals surface area contributed by atoms with Crippen LogP contribution in [-0.4, -0.2) is 43.8 Å². The lowest BCUT2D eigenvalue weighted by Gasteiger charge is -2.39. The predicted molar refractivity (Wildman–Crippen MR) is 98.6 cm³/mol. The van der Waals surface area contributed by atoms with E-state index in [-0.39, 0.29) is 37.2 Å². The molecule has 0 unspecified atom stereocenters. The van der Waals surface area contributed by atoms with Crippen molar-refractivity contribution in [2.45, 2.75) is 52.4 Å². The summed E-state index contributed by atoms with van der Waals surface area (Å²) in [6.45, 7) is 11.3. The minimum atomic E-state index is 0. The van der Waals surface area contributed by atoms with Gasteiger partial charge in [-0.05, 0) is 25.9 Å². The average Bonchev–Trinajstić information content (AvgIpc) is 2.37. The highest BCUT2D eigenvalue weighted by molar-refractivity contribution is 5.86. The zero-order valence-electron chi connectivity index (χ0n) is 13.3. The Labute approximate surface area is 145 Å². The number of nitrogens with zero attached hydrogens (tertiary/aromatic N) is 1. The summed E-state index contributed by atoms with van der Waals surface area (Å²) in [5, 5.41) is 0. The summed E-state index contributed by atoms with van der Waals surface area (Å²) in [4.78, 5) is 0.